The summed E-state index contributed by atoms with van der Waals surface area (Å²) < 4.78 is 11.6. The summed E-state index contributed by atoms with van der Waals surface area (Å²) in [7, 11) is 0. The lowest BCUT2D eigenvalue weighted by Gasteiger charge is -2.14. The molecule has 0 aliphatic rings. The normalized spacial score (nSPS) is 11.2. The summed E-state index contributed by atoms with van der Waals surface area (Å²) in [6.45, 7) is 8.77. The average molecular weight is 815 g/mol. The van der Waals surface area contributed by atoms with Crippen molar-refractivity contribution in [3.05, 3.63) is 95.1 Å². The standard InChI is InChI=1S/C46H54N8O6/c1-5-15-43(57)59-45-31(3)27-33(29-39(45)53-49-35-17-9-10-18-36(35)50-53)21-23-41(55)47-25-13-7-8-14-26-48-42(56)24-22-34-28-32(4)46(60-44(58)16-6-2)40(30-34)54-51-37-19-11-12-20-38(37)52-54/h9-12,17-20,27-30H,5-8,13-16,21-26H2,1-4H3,(H,47,55)(H,48,56). The minimum atomic E-state index is -0.317. The van der Waals surface area contributed by atoms with Crippen LogP contribution in [0.15, 0.2) is 72.8 Å². The van der Waals surface area contributed by atoms with E-state index in [0.717, 1.165) is 70.0 Å². The van der Waals surface area contributed by atoms with E-state index in [4.69, 9.17) is 9.47 Å². The lowest BCUT2D eigenvalue weighted by atomic mass is 10.0. The highest BCUT2D eigenvalue weighted by molar-refractivity contribution is 5.79. The van der Waals surface area contributed by atoms with Crippen molar-refractivity contribution in [2.75, 3.05) is 13.1 Å². The highest BCUT2D eigenvalue weighted by Crippen LogP contribution is 2.32. The molecule has 0 radical (unpaired) electrons. The Kier molecular flexibility index (Phi) is 15.1. The fourth-order valence-corrected chi connectivity index (χ4v) is 6.93. The molecule has 2 heterocycles. The van der Waals surface area contributed by atoms with Crippen LogP contribution in [-0.4, -0.2) is 66.8 Å². The molecule has 6 rings (SSSR count). The third kappa shape index (κ3) is 11.6. The van der Waals surface area contributed by atoms with Gasteiger partial charge in [0.1, 0.15) is 33.4 Å². The molecule has 314 valence electrons. The first-order chi connectivity index (χ1) is 29.1. The van der Waals surface area contributed by atoms with E-state index in [2.05, 4.69) is 31.0 Å². The van der Waals surface area contributed by atoms with Crippen molar-refractivity contribution >= 4 is 45.8 Å². The molecule has 60 heavy (non-hydrogen) atoms. The van der Waals surface area contributed by atoms with Gasteiger partial charge < -0.3 is 20.1 Å². The fraction of sp³-hybridized carbons (Fsp3) is 0.391. The molecule has 0 atom stereocenters. The molecule has 6 aromatic rings. The molecule has 0 aliphatic heterocycles. The summed E-state index contributed by atoms with van der Waals surface area (Å²) in [5.41, 5.74) is 7.38. The largest absolute Gasteiger partial charge is 0.424 e. The molecule has 0 saturated carbocycles. The van der Waals surface area contributed by atoms with Gasteiger partial charge in [0.05, 0.1) is 0 Å². The molecule has 14 nitrogen and oxygen atoms in total. The van der Waals surface area contributed by atoms with E-state index in [1.165, 1.54) is 9.59 Å². The van der Waals surface area contributed by atoms with E-state index in [-0.39, 0.29) is 23.8 Å². The second-order valence-corrected chi connectivity index (χ2v) is 15.0. The van der Waals surface area contributed by atoms with Gasteiger partial charge in [0.25, 0.3) is 0 Å². The van der Waals surface area contributed by atoms with Crippen LogP contribution in [0.5, 0.6) is 11.5 Å². The smallest absolute Gasteiger partial charge is 0.311 e. The number of nitrogens with zero attached hydrogens (tertiary/aromatic N) is 6. The van der Waals surface area contributed by atoms with Crippen molar-refractivity contribution in [3.63, 3.8) is 0 Å². The van der Waals surface area contributed by atoms with Gasteiger partial charge in [-0.3, -0.25) is 19.2 Å². The lowest BCUT2D eigenvalue weighted by molar-refractivity contribution is -0.135. The zero-order valence-electron chi connectivity index (χ0n) is 35.0. The number of benzene rings is 4. The number of aromatic nitrogens is 6. The van der Waals surface area contributed by atoms with E-state index in [9.17, 15) is 19.2 Å². The van der Waals surface area contributed by atoms with E-state index >= 15 is 0 Å². The van der Waals surface area contributed by atoms with Crippen molar-refractivity contribution in [3.8, 4) is 22.9 Å². The number of unbranched alkanes of at least 4 members (excludes halogenated alkanes) is 3. The quantitative estimate of drug-likeness (QED) is 0.0420. The highest BCUT2D eigenvalue weighted by Gasteiger charge is 2.20. The highest BCUT2D eigenvalue weighted by atomic mass is 16.5. The van der Waals surface area contributed by atoms with Gasteiger partial charge in [-0.25, -0.2) is 0 Å². The number of ether oxygens (including phenoxy) is 2. The second kappa shape index (κ2) is 21.0. The number of hydrogen-bond donors (Lipinski definition) is 2. The summed E-state index contributed by atoms with van der Waals surface area (Å²) in [6, 6.07) is 22.7. The lowest BCUT2D eigenvalue weighted by Crippen LogP contribution is -2.25. The number of aryl methyl sites for hydroxylation is 4. The van der Waals surface area contributed by atoms with Crippen molar-refractivity contribution in [1.29, 1.82) is 0 Å². The van der Waals surface area contributed by atoms with Gasteiger partial charge in [-0.15, -0.1) is 30.0 Å². The minimum absolute atomic E-state index is 0.0355. The molecule has 4 aromatic carbocycles. The topological polar surface area (TPSA) is 172 Å². The molecule has 0 fully saturated rings. The molecule has 0 aliphatic carbocycles. The van der Waals surface area contributed by atoms with E-state index < -0.39 is 0 Å². The first-order valence-electron chi connectivity index (χ1n) is 21.0. The van der Waals surface area contributed by atoms with Crippen LogP contribution in [0.25, 0.3) is 33.4 Å². The first-order valence-corrected chi connectivity index (χ1v) is 21.0. The third-order valence-electron chi connectivity index (χ3n) is 10.0. The van der Waals surface area contributed by atoms with Crippen LogP contribution in [0.4, 0.5) is 0 Å². The summed E-state index contributed by atoms with van der Waals surface area (Å²) in [6.07, 6.45) is 7.11. The van der Waals surface area contributed by atoms with Gasteiger partial charge in [-0.1, -0.05) is 63.1 Å². The van der Waals surface area contributed by atoms with Gasteiger partial charge in [-0.2, -0.15) is 0 Å². The van der Waals surface area contributed by atoms with Gasteiger partial charge in [0.2, 0.25) is 11.8 Å². The Morgan fingerprint density at radius 2 is 0.900 bits per heavy atom. The SMILES string of the molecule is CCCC(=O)Oc1c(C)cc(CCC(=O)NCCCCCCNC(=O)CCc2cc(C)c(OC(=O)CCC)c(-n3nc4ccccc4n3)c2)cc1-n1nc2ccccc2n1. The van der Waals surface area contributed by atoms with E-state index in [0.29, 0.717) is 87.3 Å². The van der Waals surface area contributed by atoms with Crippen molar-refractivity contribution < 1.29 is 28.7 Å². The van der Waals surface area contributed by atoms with Gasteiger partial charge >= 0.3 is 11.9 Å². The summed E-state index contributed by atoms with van der Waals surface area (Å²) in [5.74, 6) is 0.126. The minimum Gasteiger partial charge on any atom is -0.424 e. The molecule has 2 amide bonds. The van der Waals surface area contributed by atoms with Gasteiger partial charge in [0.15, 0.2) is 11.5 Å². The molecule has 0 saturated heterocycles. The zero-order valence-corrected chi connectivity index (χ0v) is 35.0. The number of carbonyl (C=O) groups excluding carboxylic acids is 4. The summed E-state index contributed by atoms with van der Waals surface area (Å²) >= 11 is 0. The summed E-state index contributed by atoms with van der Waals surface area (Å²) in [4.78, 5) is 53.5. The number of carbonyl (C=O) groups is 4. The number of rotatable bonds is 21. The molecule has 0 unspecified atom stereocenters. The van der Waals surface area contributed by atoms with Crippen LogP contribution in [-0.2, 0) is 32.0 Å². The van der Waals surface area contributed by atoms with Crippen LogP contribution in [0.1, 0.15) is 100 Å². The van der Waals surface area contributed by atoms with Crippen LogP contribution >= 0.6 is 0 Å². The maximum Gasteiger partial charge on any atom is 0.311 e. The van der Waals surface area contributed by atoms with Gasteiger partial charge in [-0.05, 0) is 111 Å². The number of hydrogen-bond acceptors (Lipinski definition) is 10. The zero-order chi connectivity index (χ0) is 42.4. The predicted octanol–water partition coefficient (Wildman–Crippen LogP) is 7.54. The maximum absolute atomic E-state index is 12.8. The Labute approximate surface area is 350 Å². The van der Waals surface area contributed by atoms with Crippen molar-refractivity contribution in [2.45, 2.75) is 105 Å². The Hall–Kier alpha value is -6.44. The van der Waals surface area contributed by atoms with Crippen LogP contribution in [0, 0.1) is 13.8 Å². The summed E-state index contributed by atoms with van der Waals surface area (Å²) in [5, 5.41) is 24.5. The predicted molar refractivity (Wildman–Crippen MR) is 229 cm³/mol. The number of amides is 2. The van der Waals surface area contributed by atoms with E-state index in [1.807, 2.05) is 100 Å². The van der Waals surface area contributed by atoms with Gasteiger partial charge in [0, 0.05) is 38.8 Å². The molecular formula is C46H54N8O6. The van der Waals surface area contributed by atoms with Crippen molar-refractivity contribution in [2.24, 2.45) is 0 Å². The second-order valence-electron chi connectivity index (χ2n) is 15.0. The Morgan fingerprint density at radius 3 is 1.25 bits per heavy atom. The molecule has 14 heteroatoms. The fourth-order valence-electron chi connectivity index (χ4n) is 6.93. The van der Waals surface area contributed by atoms with Crippen LogP contribution in [0.3, 0.4) is 0 Å². The van der Waals surface area contributed by atoms with E-state index in [1.54, 1.807) is 0 Å². The van der Waals surface area contributed by atoms with Crippen molar-refractivity contribution in [1.82, 2.24) is 40.6 Å². The number of fused-ring (bicyclic) bond motifs is 2. The third-order valence-corrected chi connectivity index (χ3v) is 10.0. The van der Waals surface area contributed by atoms with Crippen LogP contribution in [0.2, 0.25) is 0 Å². The molecule has 2 N–H and O–H groups in total. The van der Waals surface area contributed by atoms with Crippen LogP contribution < -0.4 is 20.1 Å². The maximum atomic E-state index is 12.8. The molecular weight excluding hydrogens is 761 g/mol. The molecule has 0 spiro atoms. The number of nitrogens with one attached hydrogen (secondary N) is 2. The first kappa shape index (κ1) is 43.1. The molecule has 2 aromatic heterocycles. The molecule has 0 bridgehead atoms. The Bertz CT molecular complexity index is 2220. The Morgan fingerprint density at radius 1 is 0.533 bits per heavy atom. The number of esters is 2. The monoisotopic (exact) mass is 814 g/mol. The Balaban J connectivity index is 0.916. The average Bonchev–Trinajstić information content (AvgIpc) is 3.87.